The van der Waals surface area contributed by atoms with Crippen LogP contribution in [-0.2, 0) is 25.8 Å². The van der Waals surface area contributed by atoms with Crippen LogP contribution in [0.25, 0.3) is 0 Å². The standard InChI is InChI=1S/4C5H11O.Hf/c4*1-4-5(2,3)6;/h4*4H2,1-3H3;/q4*-1;+4. The maximum absolute atomic E-state index is 10.5. The summed E-state index contributed by atoms with van der Waals surface area (Å²) in [5.41, 5.74) is -2.83. The summed E-state index contributed by atoms with van der Waals surface area (Å²) in [6.45, 7) is 21.1. The number of rotatable bonds is 4. The molecule has 0 N–H and O–H groups in total. The maximum atomic E-state index is 10.5. The Morgan fingerprint density at radius 3 is 0.440 bits per heavy atom. The van der Waals surface area contributed by atoms with Crippen LogP contribution in [0, 0.1) is 0 Å². The molecule has 0 rings (SSSR count). The molecule has 0 aliphatic heterocycles. The average Bonchev–Trinajstić information content (AvgIpc) is 2.37. The van der Waals surface area contributed by atoms with Crippen molar-refractivity contribution in [3.05, 3.63) is 0 Å². The van der Waals surface area contributed by atoms with Crippen LogP contribution in [0.15, 0.2) is 0 Å². The van der Waals surface area contributed by atoms with Gasteiger partial charge in [0.1, 0.15) is 0 Å². The molecule has 0 unspecified atom stereocenters. The van der Waals surface area contributed by atoms with E-state index in [9.17, 15) is 20.4 Å². The summed E-state index contributed by atoms with van der Waals surface area (Å²) in [4.78, 5) is 0. The normalized spacial score (nSPS) is 11.5. The minimum Gasteiger partial charge on any atom is -0.850 e. The first-order chi connectivity index (χ1) is 10.2. The summed E-state index contributed by atoms with van der Waals surface area (Å²) >= 11 is 0. The Hall–Kier alpha value is 0.710. The molecule has 0 heterocycles. The van der Waals surface area contributed by atoms with E-state index in [1.54, 1.807) is 55.4 Å². The Morgan fingerprint density at radius 2 is 0.440 bits per heavy atom. The van der Waals surface area contributed by atoms with Gasteiger partial charge in [0.25, 0.3) is 0 Å². The van der Waals surface area contributed by atoms with Crippen LogP contribution < -0.4 is 20.4 Å². The molecule has 0 aliphatic carbocycles. The van der Waals surface area contributed by atoms with E-state index in [1.165, 1.54) is 0 Å². The zero-order chi connectivity index (χ0) is 20.8. The largest absolute Gasteiger partial charge is 4.00 e. The summed E-state index contributed by atoms with van der Waals surface area (Å²) in [5, 5.41) is 41.9. The first-order valence-electron chi connectivity index (χ1n) is 9.06. The summed E-state index contributed by atoms with van der Waals surface area (Å²) in [7, 11) is 0. The van der Waals surface area contributed by atoms with Crippen molar-refractivity contribution < 1.29 is 46.3 Å². The van der Waals surface area contributed by atoms with E-state index in [1.807, 2.05) is 27.7 Å². The van der Waals surface area contributed by atoms with Crippen molar-refractivity contribution in [2.75, 3.05) is 0 Å². The van der Waals surface area contributed by atoms with Gasteiger partial charge in [-0.3, -0.25) is 0 Å². The average molecular weight is 527 g/mol. The second-order valence-corrected chi connectivity index (χ2v) is 8.45. The van der Waals surface area contributed by atoms with Gasteiger partial charge in [0.05, 0.1) is 0 Å². The maximum Gasteiger partial charge on any atom is 4.00 e. The van der Waals surface area contributed by atoms with E-state index in [0.29, 0.717) is 25.7 Å². The van der Waals surface area contributed by atoms with Gasteiger partial charge in [-0.1, -0.05) is 109 Å². The van der Waals surface area contributed by atoms with Crippen LogP contribution in [0.3, 0.4) is 0 Å². The van der Waals surface area contributed by atoms with Gasteiger partial charge in [-0.25, -0.2) is 0 Å². The zero-order valence-electron chi connectivity index (χ0n) is 19.0. The minimum absolute atomic E-state index is 0. The Morgan fingerprint density at radius 1 is 0.400 bits per heavy atom. The van der Waals surface area contributed by atoms with Crippen molar-refractivity contribution in [2.24, 2.45) is 0 Å². The fourth-order valence-electron chi connectivity index (χ4n) is 0. The van der Waals surface area contributed by atoms with Gasteiger partial charge in [0, 0.05) is 0 Å². The van der Waals surface area contributed by atoms with Crippen molar-refractivity contribution in [3.8, 4) is 0 Å². The molecule has 25 heavy (non-hydrogen) atoms. The number of hydrogen-bond donors (Lipinski definition) is 0. The molecule has 0 saturated carbocycles. The van der Waals surface area contributed by atoms with Crippen LogP contribution in [0.4, 0.5) is 0 Å². The first kappa shape index (κ1) is 36.6. The van der Waals surface area contributed by atoms with Crippen molar-refractivity contribution in [1.82, 2.24) is 0 Å². The fraction of sp³-hybridized carbons (Fsp3) is 1.00. The quantitative estimate of drug-likeness (QED) is 0.525. The van der Waals surface area contributed by atoms with Gasteiger partial charge < -0.3 is 20.4 Å². The van der Waals surface area contributed by atoms with E-state index in [-0.39, 0.29) is 25.8 Å². The molecule has 0 fully saturated rings. The monoisotopic (exact) mass is 528 g/mol. The molecule has 0 aromatic heterocycles. The predicted octanol–water partition coefficient (Wildman–Crippen LogP) is 2.14. The summed E-state index contributed by atoms with van der Waals surface area (Å²) in [5.74, 6) is 0. The number of hydrogen-bond acceptors (Lipinski definition) is 4. The van der Waals surface area contributed by atoms with Gasteiger partial charge in [-0.15, -0.1) is 22.4 Å². The summed E-state index contributed by atoms with van der Waals surface area (Å²) in [6, 6.07) is 0. The predicted molar refractivity (Wildman–Crippen MR) is 97.5 cm³/mol. The Kier molecular flexibility index (Phi) is 24.7. The molecule has 152 valence electrons. The minimum atomic E-state index is -0.708. The molecule has 0 aromatic carbocycles. The van der Waals surface area contributed by atoms with E-state index in [0.717, 1.165) is 0 Å². The Labute approximate surface area is 177 Å². The van der Waals surface area contributed by atoms with Crippen LogP contribution in [0.2, 0.25) is 0 Å². The smallest absolute Gasteiger partial charge is 0.850 e. The Bertz CT molecular complexity index is 197. The first-order valence-corrected chi connectivity index (χ1v) is 9.06. The molecule has 5 heteroatoms. The van der Waals surface area contributed by atoms with Gasteiger partial charge >= 0.3 is 25.8 Å². The third-order valence-electron chi connectivity index (χ3n) is 3.41. The molecular weight excluding hydrogens is 483 g/mol. The Balaban J connectivity index is -0.0000000702. The third-order valence-corrected chi connectivity index (χ3v) is 3.41. The van der Waals surface area contributed by atoms with Crippen LogP contribution >= 0.6 is 0 Å². The molecule has 4 nitrogen and oxygen atoms in total. The van der Waals surface area contributed by atoms with E-state index in [4.69, 9.17) is 0 Å². The molecule has 0 aliphatic rings. The van der Waals surface area contributed by atoms with E-state index >= 15 is 0 Å². The van der Waals surface area contributed by atoms with Gasteiger partial charge in [-0.2, -0.15) is 0 Å². The molecule has 0 spiro atoms. The molecule has 0 atom stereocenters. The van der Waals surface area contributed by atoms with Gasteiger partial charge in [0.15, 0.2) is 0 Å². The molecule has 0 aromatic rings. The molecule has 0 radical (unpaired) electrons. The molecular formula is C20H44HfO4. The van der Waals surface area contributed by atoms with Crippen molar-refractivity contribution in [1.29, 1.82) is 0 Å². The fourth-order valence-corrected chi connectivity index (χ4v) is 0. The molecule has 0 bridgehead atoms. The topological polar surface area (TPSA) is 92.2 Å². The zero-order valence-corrected chi connectivity index (χ0v) is 22.6. The van der Waals surface area contributed by atoms with Crippen molar-refractivity contribution in [3.63, 3.8) is 0 Å². The van der Waals surface area contributed by atoms with Crippen molar-refractivity contribution >= 4 is 0 Å². The second-order valence-electron chi connectivity index (χ2n) is 8.45. The van der Waals surface area contributed by atoms with Gasteiger partial charge in [0.2, 0.25) is 0 Å². The van der Waals surface area contributed by atoms with Crippen LogP contribution in [0.5, 0.6) is 0 Å². The molecule has 0 saturated heterocycles. The van der Waals surface area contributed by atoms with E-state index < -0.39 is 22.4 Å². The second kappa shape index (κ2) is 16.9. The van der Waals surface area contributed by atoms with Crippen LogP contribution in [0.1, 0.15) is 109 Å². The third kappa shape index (κ3) is 78.9. The van der Waals surface area contributed by atoms with Crippen LogP contribution in [-0.4, -0.2) is 22.4 Å². The summed E-state index contributed by atoms with van der Waals surface area (Å²) in [6.07, 6.45) is 2.86. The van der Waals surface area contributed by atoms with E-state index in [2.05, 4.69) is 0 Å². The van der Waals surface area contributed by atoms with Crippen molar-refractivity contribution in [2.45, 2.75) is 131 Å². The SMILES string of the molecule is CCC(C)(C)[O-].CCC(C)(C)[O-].CCC(C)(C)[O-].CCC(C)(C)[O-].[Hf+4]. The van der Waals surface area contributed by atoms with Gasteiger partial charge in [-0.05, 0) is 0 Å². The molecule has 0 amide bonds. The summed E-state index contributed by atoms with van der Waals surface area (Å²) < 4.78 is 0.